The molecule has 7 heteroatoms. The van der Waals surface area contributed by atoms with Crippen molar-refractivity contribution in [1.82, 2.24) is 5.32 Å². The van der Waals surface area contributed by atoms with Gasteiger partial charge in [-0.25, -0.2) is 9.69 Å². The first-order valence-electron chi connectivity index (χ1n) is 8.59. The number of barbiturate groups is 1. The molecule has 7 nitrogen and oxygen atoms in total. The summed E-state index contributed by atoms with van der Waals surface area (Å²) >= 11 is 0. The number of hydrogen-bond acceptors (Lipinski definition) is 5. The Kier molecular flexibility index (Phi) is 4.92. The van der Waals surface area contributed by atoms with Crippen LogP contribution in [0.15, 0.2) is 35.9 Å². The van der Waals surface area contributed by atoms with Gasteiger partial charge in [0.25, 0.3) is 11.8 Å². The Morgan fingerprint density at radius 3 is 2.29 bits per heavy atom. The molecule has 2 aromatic carbocycles. The third-order valence-corrected chi connectivity index (χ3v) is 4.48. The molecule has 0 saturated carbocycles. The molecule has 1 fully saturated rings. The molecule has 1 aliphatic heterocycles. The molecule has 3 rings (SSSR count). The van der Waals surface area contributed by atoms with E-state index in [2.05, 4.69) is 5.32 Å². The van der Waals surface area contributed by atoms with Gasteiger partial charge in [0.1, 0.15) is 5.57 Å². The highest BCUT2D eigenvalue weighted by atomic mass is 16.5. The third kappa shape index (κ3) is 3.34. The van der Waals surface area contributed by atoms with Crippen LogP contribution in [0.3, 0.4) is 0 Å². The van der Waals surface area contributed by atoms with Gasteiger partial charge in [0.2, 0.25) is 0 Å². The van der Waals surface area contributed by atoms with Gasteiger partial charge in [0, 0.05) is 0 Å². The number of hydrogen-bond donors (Lipinski definition) is 2. The van der Waals surface area contributed by atoms with E-state index in [0.29, 0.717) is 11.3 Å². The lowest BCUT2D eigenvalue weighted by Crippen LogP contribution is -2.54. The molecule has 4 amide bonds. The Bertz CT molecular complexity index is 1020. The van der Waals surface area contributed by atoms with E-state index >= 15 is 0 Å². The molecular formula is C21H20N2O5. The van der Waals surface area contributed by atoms with Crippen LogP contribution >= 0.6 is 0 Å². The van der Waals surface area contributed by atoms with Gasteiger partial charge in [-0.2, -0.15) is 0 Å². The highest BCUT2D eigenvalue weighted by molar-refractivity contribution is 6.39. The summed E-state index contributed by atoms with van der Waals surface area (Å²) < 4.78 is 5.05. The fraction of sp³-hybridized carbons (Fsp3) is 0.190. The molecule has 0 spiro atoms. The van der Waals surface area contributed by atoms with Crippen LogP contribution in [0, 0.1) is 20.8 Å². The van der Waals surface area contributed by atoms with E-state index in [4.69, 9.17) is 4.74 Å². The predicted molar refractivity (Wildman–Crippen MR) is 104 cm³/mol. The van der Waals surface area contributed by atoms with Crippen LogP contribution in [0.25, 0.3) is 6.08 Å². The van der Waals surface area contributed by atoms with Crippen molar-refractivity contribution in [3.63, 3.8) is 0 Å². The number of nitrogens with one attached hydrogen (secondary N) is 1. The van der Waals surface area contributed by atoms with Crippen molar-refractivity contribution in [2.45, 2.75) is 20.8 Å². The summed E-state index contributed by atoms with van der Waals surface area (Å²) in [5.74, 6) is -1.35. The number of nitrogens with zero attached hydrogens (tertiary/aromatic N) is 1. The number of carbonyl (C=O) groups is 3. The average Bonchev–Trinajstić information content (AvgIpc) is 2.61. The van der Waals surface area contributed by atoms with Gasteiger partial charge < -0.3 is 9.84 Å². The van der Waals surface area contributed by atoms with Crippen LogP contribution in [-0.4, -0.2) is 30.1 Å². The summed E-state index contributed by atoms with van der Waals surface area (Å²) in [5.41, 5.74) is 3.25. The molecule has 144 valence electrons. The Balaban J connectivity index is 2.09. The van der Waals surface area contributed by atoms with E-state index in [1.807, 2.05) is 19.1 Å². The second-order valence-corrected chi connectivity index (χ2v) is 6.64. The summed E-state index contributed by atoms with van der Waals surface area (Å²) in [6, 6.07) is 7.38. The number of imide groups is 2. The van der Waals surface area contributed by atoms with E-state index in [0.717, 1.165) is 21.6 Å². The number of ether oxygens (including phenoxy) is 1. The van der Waals surface area contributed by atoms with Crippen LogP contribution in [0.4, 0.5) is 10.5 Å². The minimum atomic E-state index is -0.787. The Labute approximate surface area is 162 Å². The van der Waals surface area contributed by atoms with E-state index < -0.39 is 17.8 Å². The van der Waals surface area contributed by atoms with Crippen LogP contribution < -0.4 is 15.0 Å². The second-order valence-electron chi connectivity index (χ2n) is 6.64. The van der Waals surface area contributed by atoms with Gasteiger partial charge in [-0.3, -0.25) is 14.9 Å². The highest BCUT2D eigenvalue weighted by Crippen LogP contribution is 2.31. The van der Waals surface area contributed by atoms with Crippen LogP contribution in [-0.2, 0) is 9.59 Å². The smallest absolute Gasteiger partial charge is 0.335 e. The van der Waals surface area contributed by atoms with Gasteiger partial charge in [0.05, 0.1) is 12.8 Å². The zero-order chi connectivity index (χ0) is 20.6. The maximum Gasteiger partial charge on any atom is 0.335 e. The van der Waals surface area contributed by atoms with Crippen molar-refractivity contribution >= 4 is 29.6 Å². The van der Waals surface area contributed by atoms with Gasteiger partial charge in [-0.05, 0) is 55.7 Å². The van der Waals surface area contributed by atoms with E-state index in [-0.39, 0.29) is 17.1 Å². The van der Waals surface area contributed by atoms with Crippen LogP contribution in [0.1, 0.15) is 22.3 Å². The molecule has 0 radical (unpaired) electrons. The van der Waals surface area contributed by atoms with Crippen molar-refractivity contribution in [3.8, 4) is 11.5 Å². The summed E-state index contributed by atoms with van der Waals surface area (Å²) in [6.07, 6.45) is 1.36. The Morgan fingerprint density at radius 2 is 1.68 bits per heavy atom. The van der Waals surface area contributed by atoms with E-state index in [1.54, 1.807) is 13.8 Å². The quantitative estimate of drug-likeness (QED) is 0.630. The lowest BCUT2D eigenvalue weighted by atomic mass is 10.0. The molecule has 2 aromatic rings. The Morgan fingerprint density at radius 1 is 1.04 bits per heavy atom. The zero-order valence-corrected chi connectivity index (χ0v) is 16.0. The van der Waals surface area contributed by atoms with Crippen LogP contribution in [0.5, 0.6) is 11.5 Å². The highest BCUT2D eigenvalue weighted by Gasteiger charge is 2.38. The Hall–Kier alpha value is -3.61. The van der Waals surface area contributed by atoms with Gasteiger partial charge in [-0.15, -0.1) is 0 Å². The molecule has 0 bridgehead atoms. The number of amides is 4. The van der Waals surface area contributed by atoms with Crippen molar-refractivity contribution in [2.75, 3.05) is 12.0 Å². The maximum absolute atomic E-state index is 13.1. The van der Waals surface area contributed by atoms with Crippen molar-refractivity contribution < 1.29 is 24.2 Å². The standard InChI is InChI=1S/C21H20N2O5/c1-11-7-12(2)18(13(3)8-11)23-20(26)15(19(25)22-21(23)27)9-14-5-6-16(24)17(10-14)28-4/h5-10,24H,1-4H3,(H,22,25,27)/b15-9-. The topological polar surface area (TPSA) is 95.9 Å². The summed E-state index contributed by atoms with van der Waals surface area (Å²) in [4.78, 5) is 38.8. The second kappa shape index (κ2) is 7.19. The molecule has 0 aromatic heterocycles. The third-order valence-electron chi connectivity index (χ3n) is 4.48. The minimum Gasteiger partial charge on any atom is -0.504 e. The fourth-order valence-corrected chi connectivity index (χ4v) is 3.34. The number of aryl methyl sites for hydroxylation is 3. The first-order chi connectivity index (χ1) is 13.2. The predicted octanol–water partition coefficient (Wildman–Crippen LogP) is 2.99. The molecular weight excluding hydrogens is 360 g/mol. The number of aromatic hydroxyl groups is 1. The van der Waals surface area contributed by atoms with E-state index in [1.165, 1.54) is 31.4 Å². The minimum absolute atomic E-state index is 0.0632. The van der Waals surface area contributed by atoms with Crippen molar-refractivity contribution in [3.05, 3.63) is 58.2 Å². The van der Waals surface area contributed by atoms with Gasteiger partial charge in [0.15, 0.2) is 11.5 Å². The average molecular weight is 380 g/mol. The first-order valence-corrected chi connectivity index (χ1v) is 8.59. The number of benzene rings is 2. The molecule has 1 heterocycles. The molecule has 0 atom stereocenters. The van der Waals surface area contributed by atoms with Crippen molar-refractivity contribution in [1.29, 1.82) is 0 Å². The molecule has 2 N–H and O–H groups in total. The lowest BCUT2D eigenvalue weighted by molar-refractivity contribution is -0.122. The van der Waals surface area contributed by atoms with Gasteiger partial charge in [-0.1, -0.05) is 23.8 Å². The fourth-order valence-electron chi connectivity index (χ4n) is 3.34. The molecule has 28 heavy (non-hydrogen) atoms. The number of rotatable bonds is 3. The molecule has 0 unspecified atom stereocenters. The molecule has 0 aliphatic carbocycles. The zero-order valence-electron chi connectivity index (χ0n) is 16.0. The number of carbonyl (C=O) groups excluding carboxylic acids is 3. The number of urea groups is 1. The molecule has 1 saturated heterocycles. The van der Waals surface area contributed by atoms with E-state index in [9.17, 15) is 19.5 Å². The maximum atomic E-state index is 13.1. The number of phenols is 1. The first kappa shape index (κ1) is 19.2. The summed E-state index contributed by atoms with van der Waals surface area (Å²) in [6.45, 7) is 5.54. The lowest BCUT2D eigenvalue weighted by Gasteiger charge is -2.29. The van der Waals surface area contributed by atoms with Crippen molar-refractivity contribution in [2.24, 2.45) is 0 Å². The monoisotopic (exact) mass is 380 g/mol. The van der Waals surface area contributed by atoms with Gasteiger partial charge >= 0.3 is 6.03 Å². The van der Waals surface area contributed by atoms with Crippen LogP contribution in [0.2, 0.25) is 0 Å². The summed E-state index contributed by atoms with van der Waals surface area (Å²) in [7, 11) is 1.40. The summed E-state index contributed by atoms with van der Waals surface area (Å²) in [5, 5.41) is 11.9. The normalized spacial score (nSPS) is 15.8. The number of phenolic OH excluding ortho intramolecular Hbond substituents is 1. The SMILES string of the molecule is COc1cc(/C=C2/C(=O)NC(=O)N(c3c(C)cc(C)cc3C)C2=O)ccc1O. The number of anilines is 1. The number of methoxy groups -OCH3 is 1. The molecule has 1 aliphatic rings. The largest absolute Gasteiger partial charge is 0.504 e.